The van der Waals surface area contributed by atoms with Crippen molar-refractivity contribution in [2.24, 2.45) is 5.92 Å². The zero-order valence-corrected chi connectivity index (χ0v) is 11.5. The first kappa shape index (κ1) is 12.9. The van der Waals surface area contributed by atoms with Gasteiger partial charge in [-0.2, -0.15) is 0 Å². The molecule has 3 heteroatoms. The Balaban J connectivity index is 0.00000180. The molecule has 100 valence electrons. The average Bonchev–Trinajstić information content (AvgIpc) is 2.37. The zero-order chi connectivity index (χ0) is 13.1. The minimum Gasteiger partial charge on any atom is -0.385 e. The second-order valence-electron chi connectivity index (χ2n) is 5.18. The Hall–Kier alpha value is -1.51. The van der Waals surface area contributed by atoms with E-state index in [4.69, 9.17) is 0 Å². The van der Waals surface area contributed by atoms with Gasteiger partial charge in [-0.1, -0.05) is 19.9 Å². The van der Waals surface area contributed by atoms with Gasteiger partial charge in [-0.3, -0.25) is 4.79 Å². The van der Waals surface area contributed by atoms with E-state index < -0.39 is 0 Å². The highest BCUT2D eigenvalue weighted by Crippen LogP contribution is 2.23. The number of hydrogen-bond acceptors (Lipinski definition) is 2. The molecule has 1 heterocycles. The fourth-order valence-electron chi connectivity index (χ4n) is 2.42. The summed E-state index contributed by atoms with van der Waals surface area (Å²) in [5.41, 5.74) is 3.85. The summed E-state index contributed by atoms with van der Waals surface area (Å²) in [5, 5.41) is 3.33. The van der Waals surface area contributed by atoms with E-state index in [1.54, 1.807) is 0 Å². The highest BCUT2D eigenvalue weighted by atomic mass is 16.2. The molecule has 0 spiro atoms. The van der Waals surface area contributed by atoms with E-state index in [9.17, 15) is 4.79 Å². The van der Waals surface area contributed by atoms with Crippen LogP contribution in [0.1, 0.15) is 33.3 Å². The van der Waals surface area contributed by atoms with Crippen LogP contribution in [0.2, 0.25) is 0 Å². The van der Waals surface area contributed by atoms with E-state index in [1.165, 1.54) is 16.8 Å². The molecule has 0 aromatic heterocycles. The topological polar surface area (TPSA) is 32.3 Å². The summed E-state index contributed by atoms with van der Waals surface area (Å²) >= 11 is 0. The molecule has 0 aliphatic carbocycles. The number of carbonyl (C=O) groups excluding carboxylic acids is 1. The fraction of sp³-hybridized carbons (Fsp3) is 0.533. The number of amides is 1. The van der Waals surface area contributed by atoms with Crippen LogP contribution < -0.4 is 5.32 Å². The molecule has 1 aliphatic rings. The van der Waals surface area contributed by atoms with Crippen LogP contribution in [0, 0.1) is 5.92 Å². The van der Waals surface area contributed by atoms with Gasteiger partial charge in [0.25, 0.3) is 0 Å². The number of carbonyl (C=O) groups is 1. The molecule has 0 atom stereocenters. The number of benzene rings is 1. The predicted molar refractivity (Wildman–Crippen MR) is 76.7 cm³/mol. The van der Waals surface area contributed by atoms with Crippen molar-refractivity contribution in [2.45, 2.75) is 33.7 Å². The van der Waals surface area contributed by atoms with Crippen molar-refractivity contribution in [1.82, 2.24) is 4.90 Å². The Labute approximate surface area is 111 Å². The summed E-state index contributed by atoms with van der Waals surface area (Å²) in [6, 6.07) is 6.47. The standard InChI is InChI=1S/C15H22N2O.H2/c1-4-16-14-6-5-13-10-17(15(18)11(2)3)8-7-12(13)9-14;/h5-6,9,11,16H,4,7-8,10H2,1-3H3;1H. The molecule has 0 saturated carbocycles. The fourth-order valence-corrected chi connectivity index (χ4v) is 2.42. The first-order chi connectivity index (χ1) is 8.61. The van der Waals surface area contributed by atoms with Crippen molar-refractivity contribution in [3.63, 3.8) is 0 Å². The van der Waals surface area contributed by atoms with Crippen molar-refractivity contribution in [2.75, 3.05) is 18.4 Å². The molecule has 1 N–H and O–H groups in total. The van der Waals surface area contributed by atoms with Crippen LogP contribution in [0.15, 0.2) is 18.2 Å². The van der Waals surface area contributed by atoms with E-state index in [0.717, 1.165) is 26.1 Å². The smallest absolute Gasteiger partial charge is 0.225 e. The summed E-state index contributed by atoms with van der Waals surface area (Å²) < 4.78 is 0. The van der Waals surface area contributed by atoms with E-state index >= 15 is 0 Å². The molecule has 1 amide bonds. The lowest BCUT2D eigenvalue weighted by Crippen LogP contribution is -2.38. The van der Waals surface area contributed by atoms with Gasteiger partial charge in [0.2, 0.25) is 5.91 Å². The van der Waals surface area contributed by atoms with Crippen LogP contribution in [0.3, 0.4) is 0 Å². The third kappa shape index (κ3) is 2.66. The molecule has 1 aliphatic heterocycles. The maximum Gasteiger partial charge on any atom is 0.225 e. The lowest BCUT2D eigenvalue weighted by molar-refractivity contribution is -0.135. The third-order valence-corrected chi connectivity index (χ3v) is 3.41. The number of anilines is 1. The Bertz CT molecular complexity index is 446. The van der Waals surface area contributed by atoms with E-state index in [-0.39, 0.29) is 13.3 Å². The summed E-state index contributed by atoms with van der Waals surface area (Å²) in [5.74, 6) is 0.351. The second-order valence-corrected chi connectivity index (χ2v) is 5.18. The largest absolute Gasteiger partial charge is 0.385 e. The number of fused-ring (bicyclic) bond motifs is 1. The molecule has 0 saturated heterocycles. The molecule has 1 aromatic carbocycles. The number of hydrogen-bond donors (Lipinski definition) is 1. The van der Waals surface area contributed by atoms with Crippen molar-refractivity contribution in [3.05, 3.63) is 29.3 Å². The molecule has 0 radical (unpaired) electrons. The van der Waals surface area contributed by atoms with Crippen molar-refractivity contribution in [3.8, 4) is 0 Å². The first-order valence-electron chi connectivity index (χ1n) is 6.76. The molecular formula is C15H24N2O. The molecule has 1 aromatic rings. The van der Waals surface area contributed by atoms with Gasteiger partial charge in [-0.15, -0.1) is 0 Å². The number of nitrogens with zero attached hydrogens (tertiary/aromatic N) is 1. The van der Waals surface area contributed by atoms with Gasteiger partial charge in [0.15, 0.2) is 0 Å². The minimum absolute atomic E-state index is 0. The SMILES string of the molecule is CCNc1ccc2c(c1)CCN(C(=O)C(C)C)C2.[HH]. The second kappa shape index (κ2) is 5.42. The van der Waals surface area contributed by atoms with Crippen LogP contribution in [-0.2, 0) is 17.8 Å². The van der Waals surface area contributed by atoms with Gasteiger partial charge in [-0.25, -0.2) is 0 Å². The van der Waals surface area contributed by atoms with Crippen LogP contribution in [0.5, 0.6) is 0 Å². The minimum atomic E-state index is 0. The van der Waals surface area contributed by atoms with E-state index in [1.807, 2.05) is 18.7 Å². The van der Waals surface area contributed by atoms with Crippen LogP contribution in [-0.4, -0.2) is 23.9 Å². The van der Waals surface area contributed by atoms with Gasteiger partial charge >= 0.3 is 0 Å². The highest BCUT2D eigenvalue weighted by Gasteiger charge is 2.22. The van der Waals surface area contributed by atoms with Crippen LogP contribution in [0.4, 0.5) is 5.69 Å². The Kier molecular flexibility index (Phi) is 3.90. The zero-order valence-electron chi connectivity index (χ0n) is 11.5. The normalized spacial score (nSPS) is 14.6. The highest BCUT2D eigenvalue weighted by molar-refractivity contribution is 5.78. The molecule has 0 fully saturated rings. The Morgan fingerprint density at radius 1 is 1.44 bits per heavy atom. The lowest BCUT2D eigenvalue weighted by atomic mass is 9.98. The van der Waals surface area contributed by atoms with Gasteiger partial charge in [0.05, 0.1) is 0 Å². The lowest BCUT2D eigenvalue weighted by Gasteiger charge is -2.30. The monoisotopic (exact) mass is 248 g/mol. The Morgan fingerprint density at radius 2 is 2.22 bits per heavy atom. The maximum atomic E-state index is 12.0. The molecule has 0 unspecified atom stereocenters. The maximum absolute atomic E-state index is 12.0. The molecule has 2 rings (SSSR count). The summed E-state index contributed by atoms with van der Waals surface area (Å²) in [6.07, 6.45) is 0.965. The Morgan fingerprint density at radius 3 is 2.89 bits per heavy atom. The molecule has 3 nitrogen and oxygen atoms in total. The third-order valence-electron chi connectivity index (χ3n) is 3.41. The van der Waals surface area contributed by atoms with Crippen LogP contribution in [0.25, 0.3) is 0 Å². The number of rotatable bonds is 3. The predicted octanol–water partition coefficient (Wildman–Crippen LogP) is 2.91. The van der Waals surface area contributed by atoms with Crippen LogP contribution >= 0.6 is 0 Å². The van der Waals surface area contributed by atoms with Gasteiger partial charge in [0.1, 0.15) is 0 Å². The van der Waals surface area contributed by atoms with Crippen molar-refractivity contribution in [1.29, 1.82) is 0 Å². The quantitative estimate of drug-likeness (QED) is 0.892. The summed E-state index contributed by atoms with van der Waals surface area (Å²) in [4.78, 5) is 14.0. The van der Waals surface area contributed by atoms with Gasteiger partial charge in [0, 0.05) is 32.7 Å². The first-order valence-corrected chi connectivity index (χ1v) is 6.76. The molecule has 18 heavy (non-hydrogen) atoms. The summed E-state index contributed by atoms with van der Waals surface area (Å²) in [6.45, 7) is 8.58. The molecule has 0 bridgehead atoms. The average molecular weight is 248 g/mol. The van der Waals surface area contributed by atoms with E-state index in [2.05, 4.69) is 30.4 Å². The van der Waals surface area contributed by atoms with E-state index in [0.29, 0.717) is 0 Å². The molecular weight excluding hydrogens is 224 g/mol. The number of nitrogens with one attached hydrogen (secondary N) is 1. The van der Waals surface area contributed by atoms with Gasteiger partial charge < -0.3 is 10.2 Å². The van der Waals surface area contributed by atoms with Crippen molar-refractivity contribution < 1.29 is 6.22 Å². The van der Waals surface area contributed by atoms with Gasteiger partial charge in [-0.05, 0) is 36.6 Å². The summed E-state index contributed by atoms with van der Waals surface area (Å²) in [7, 11) is 0. The van der Waals surface area contributed by atoms with Crippen molar-refractivity contribution >= 4 is 11.6 Å².